The zero-order valence-electron chi connectivity index (χ0n) is 11.2. The molecule has 1 amide bonds. The number of carbonyl (C=O) groups excluding carboxylic acids is 1. The van der Waals surface area contributed by atoms with Crippen molar-refractivity contribution >= 4 is 23.4 Å². The van der Waals surface area contributed by atoms with Crippen molar-refractivity contribution < 1.29 is 4.79 Å². The Balaban J connectivity index is 2.61. The SMILES string of the molecule is CCCN(Cc1ccc(N)cc1)C(=O)CCSC. The number of hydrogen-bond acceptors (Lipinski definition) is 3. The maximum atomic E-state index is 12.1. The number of nitrogens with zero attached hydrogens (tertiary/aromatic N) is 1. The van der Waals surface area contributed by atoms with E-state index in [-0.39, 0.29) is 5.91 Å². The Kier molecular flexibility index (Phi) is 6.65. The lowest BCUT2D eigenvalue weighted by molar-refractivity contribution is -0.131. The van der Waals surface area contributed by atoms with Crippen molar-refractivity contribution in [1.29, 1.82) is 0 Å². The minimum absolute atomic E-state index is 0.239. The fourth-order valence-electron chi connectivity index (χ4n) is 1.75. The monoisotopic (exact) mass is 266 g/mol. The molecule has 0 spiro atoms. The Labute approximate surface area is 114 Å². The number of nitrogens with two attached hydrogens (primary N) is 1. The highest BCUT2D eigenvalue weighted by Gasteiger charge is 2.12. The molecule has 0 saturated carbocycles. The summed E-state index contributed by atoms with van der Waals surface area (Å²) in [5.41, 5.74) is 7.55. The summed E-state index contributed by atoms with van der Waals surface area (Å²) in [6.07, 6.45) is 3.63. The molecule has 1 aromatic carbocycles. The van der Waals surface area contributed by atoms with E-state index < -0.39 is 0 Å². The highest BCUT2D eigenvalue weighted by molar-refractivity contribution is 7.98. The normalized spacial score (nSPS) is 10.3. The summed E-state index contributed by atoms with van der Waals surface area (Å²) in [4.78, 5) is 14.0. The number of nitrogen functional groups attached to an aromatic ring is 1. The van der Waals surface area contributed by atoms with Gasteiger partial charge in [-0.3, -0.25) is 4.79 Å². The molecular formula is C14H22N2OS. The molecule has 0 aliphatic rings. The summed E-state index contributed by atoms with van der Waals surface area (Å²) in [7, 11) is 0. The molecular weight excluding hydrogens is 244 g/mol. The molecule has 2 N–H and O–H groups in total. The van der Waals surface area contributed by atoms with Crippen molar-refractivity contribution in [2.45, 2.75) is 26.3 Å². The maximum Gasteiger partial charge on any atom is 0.223 e. The van der Waals surface area contributed by atoms with E-state index in [0.717, 1.165) is 30.0 Å². The first kappa shape index (κ1) is 14.9. The molecule has 0 unspecified atom stereocenters. The predicted octanol–water partition coefficient (Wildman–Crippen LogP) is 2.76. The average Bonchev–Trinajstić information content (AvgIpc) is 2.38. The number of thioether (sulfide) groups is 1. The first-order valence-corrected chi connectivity index (χ1v) is 7.68. The van der Waals surface area contributed by atoms with Gasteiger partial charge >= 0.3 is 0 Å². The van der Waals surface area contributed by atoms with Gasteiger partial charge < -0.3 is 10.6 Å². The second-order valence-corrected chi connectivity index (χ2v) is 5.29. The second-order valence-electron chi connectivity index (χ2n) is 4.30. The van der Waals surface area contributed by atoms with Gasteiger partial charge in [0, 0.05) is 31.0 Å². The second kappa shape index (κ2) is 8.03. The Morgan fingerprint density at radius 1 is 1.33 bits per heavy atom. The fraction of sp³-hybridized carbons (Fsp3) is 0.500. The van der Waals surface area contributed by atoms with Crippen LogP contribution in [0.25, 0.3) is 0 Å². The molecule has 100 valence electrons. The predicted molar refractivity (Wildman–Crippen MR) is 79.6 cm³/mol. The van der Waals surface area contributed by atoms with Gasteiger partial charge in [-0.25, -0.2) is 0 Å². The van der Waals surface area contributed by atoms with Crippen molar-refractivity contribution in [2.24, 2.45) is 0 Å². The van der Waals surface area contributed by atoms with Crippen LogP contribution in [0.2, 0.25) is 0 Å². The molecule has 0 aliphatic heterocycles. The number of benzene rings is 1. The molecule has 0 heterocycles. The van der Waals surface area contributed by atoms with Crippen molar-refractivity contribution in [3.8, 4) is 0 Å². The van der Waals surface area contributed by atoms with E-state index in [2.05, 4.69) is 6.92 Å². The largest absolute Gasteiger partial charge is 0.399 e. The number of carbonyl (C=O) groups is 1. The molecule has 0 radical (unpaired) electrons. The first-order chi connectivity index (χ1) is 8.67. The zero-order valence-corrected chi connectivity index (χ0v) is 12.0. The van der Waals surface area contributed by atoms with E-state index >= 15 is 0 Å². The van der Waals surface area contributed by atoms with Crippen LogP contribution in [0.3, 0.4) is 0 Å². The highest BCUT2D eigenvalue weighted by Crippen LogP contribution is 2.11. The third-order valence-corrected chi connectivity index (χ3v) is 3.33. The summed E-state index contributed by atoms with van der Waals surface area (Å²) < 4.78 is 0. The quantitative estimate of drug-likeness (QED) is 0.772. The number of anilines is 1. The van der Waals surface area contributed by atoms with Gasteiger partial charge in [0.2, 0.25) is 5.91 Å². The van der Waals surface area contributed by atoms with Crippen molar-refractivity contribution in [3.63, 3.8) is 0 Å². The third kappa shape index (κ3) is 5.00. The summed E-state index contributed by atoms with van der Waals surface area (Å²) in [6, 6.07) is 7.73. The molecule has 0 bridgehead atoms. The van der Waals surface area contributed by atoms with Crippen LogP contribution in [0.4, 0.5) is 5.69 Å². The smallest absolute Gasteiger partial charge is 0.223 e. The van der Waals surface area contributed by atoms with E-state index in [0.29, 0.717) is 13.0 Å². The minimum atomic E-state index is 0.239. The molecule has 4 heteroatoms. The third-order valence-electron chi connectivity index (χ3n) is 2.72. The molecule has 3 nitrogen and oxygen atoms in total. The lowest BCUT2D eigenvalue weighted by Crippen LogP contribution is -2.31. The van der Waals surface area contributed by atoms with Crippen LogP contribution in [0.5, 0.6) is 0 Å². The Bertz CT molecular complexity index is 365. The van der Waals surface area contributed by atoms with E-state index in [4.69, 9.17) is 5.73 Å². The molecule has 1 rings (SSSR count). The molecule has 0 atom stereocenters. The van der Waals surface area contributed by atoms with Gasteiger partial charge in [0.15, 0.2) is 0 Å². The molecule has 18 heavy (non-hydrogen) atoms. The first-order valence-electron chi connectivity index (χ1n) is 6.28. The summed E-state index contributed by atoms with van der Waals surface area (Å²) >= 11 is 1.71. The standard InChI is InChI=1S/C14H22N2OS/c1-3-9-16(14(17)8-10-18-2)11-12-4-6-13(15)7-5-12/h4-7H,3,8-11,15H2,1-2H3. The Hall–Kier alpha value is -1.16. The molecule has 0 aliphatic carbocycles. The molecule has 0 aromatic heterocycles. The van der Waals surface area contributed by atoms with Crippen LogP contribution in [-0.2, 0) is 11.3 Å². The van der Waals surface area contributed by atoms with E-state index in [9.17, 15) is 4.79 Å². The van der Waals surface area contributed by atoms with Crippen molar-refractivity contribution in [2.75, 3.05) is 24.3 Å². The fourth-order valence-corrected chi connectivity index (χ4v) is 2.13. The lowest BCUT2D eigenvalue weighted by Gasteiger charge is -2.22. The van der Waals surface area contributed by atoms with Crippen LogP contribution in [0, 0.1) is 0 Å². The van der Waals surface area contributed by atoms with Crippen LogP contribution in [-0.4, -0.2) is 29.4 Å². The van der Waals surface area contributed by atoms with Crippen LogP contribution in [0.1, 0.15) is 25.3 Å². The molecule has 0 fully saturated rings. The van der Waals surface area contributed by atoms with Crippen molar-refractivity contribution in [3.05, 3.63) is 29.8 Å². The summed E-state index contributed by atoms with van der Waals surface area (Å²) in [6.45, 7) is 3.59. The van der Waals surface area contributed by atoms with Gasteiger partial charge in [0.05, 0.1) is 0 Å². The molecule has 0 saturated heterocycles. The van der Waals surface area contributed by atoms with E-state index in [1.807, 2.05) is 35.4 Å². The topological polar surface area (TPSA) is 46.3 Å². The van der Waals surface area contributed by atoms with Gasteiger partial charge in [0.1, 0.15) is 0 Å². The maximum absolute atomic E-state index is 12.1. The van der Waals surface area contributed by atoms with Gasteiger partial charge in [-0.15, -0.1) is 0 Å². The van der Waals surface area contributed by atoms with E-state index in [1.165, 1.54) is 0 Å². The van der Waals surface area contributed by atoms with E-state index in [1.54, 1.807) is 11.8 Å². The number of rotatable bonds is 7. The highest BCUT2D eigenvalue weighted by atomic mass is 32.2. The van der Waals surface area contributed by atoms with Gasteiger partial charge in [-0.05, 0) is 30.4 Å². The Morgan fingerprint density at radius 3 is 2.56 bits per heavy atom. The van der Waals surface area contributed by atoms with Gasteiger partial charge in [0.25, 0.3) is 0 Å². The number of hydrogen-bond donors (Lipinski definition) is 1. The summed E-state index contributed by atoms with van der Waals surface area (Å²) in [5, 5.41) is 0. The lowest BCUT2D eigenvalue weighted by atomic mass is 10.2. The van der Waals surface area contributed by atoms with Crippen molar-refractivity contribution in [1.82, 2.24) is 4.90 Å². The minimum Gasteiger partial charge on any atom is -0.399 e. The summed E-state index contributed by atoms with van der Waals surface area (Å²) in [5.74, 6) is 1.13. The number of amides is 1. The zero-order chi connectivity index (χ0) is 13.4. The average molecular weight is 266 g/mol. The van der Waals surface area contributed by atoms with Gasteiger partial charge in [-0.2, -0.15) is 11.8 Å². The van der Waals surface area contributed by atoms with Crippen LogP contribution < -0.4 is 5.73 Å². The Morgan fingerprint density at radius 2 is 2.00 bits per heavy atom. The van der Waals surface area contributed by atoms with Gasteiger partial charge in [-0.1, -0.05) is 19.1 Å². The molecule has 1 aromatic rings. The van der Waals surface area contributed by atoms with Crippen LogP contribution >= 0.6 is 11.8 Å². The van der Waals surface area contributed by atoms with Crippen LogP contribution in [0.15, 0.2) is 24.3 Å².